The van der Waals surface area contributed by atoms with Gasteiger partial charge < -0.3 is 5.32 Å². The lowest BCUT2D eigenvalue weighted by atomic mass is 10.3. The zero-order chi connectivity index (χ0) is 9.52. The van der Waals surface area contributed by atoms with Crippen LogP contribution in [-0.2, 0) is 6.54 Å². The first-order valence-corrected chi connectivity index (χ1v) is 4.16. The van der Waals surface area contributed by atoms with Gasteiger partial charge in [-0.25, -0.2) is 4.68 Å². The minimum absolute atomic E-state index is 0.760. The highest BCUT2D eigenvalue weighted by Gasteiger charge is 1.94. The normalized spacial score (nSPS) is 9.46. The van der Waals surface area contributed by atoms with Crippen LogP contribution in [0.4, 0.5) is 0 Å². The van der Waals surface area contributed by atoms with Crippen molar-refractivity contribution in [2.24, 2.45) is 0 Å². The van der Waals surface area contributed by atoms with E-state index in [9.17, 15) is 0 Å². The first-order chi connectivity index (χ1) is 6.36. The molecule has 0 aliphatic heterocycles. The van der Waals surface area contributed by atoms with Crippen LogP contribution in [0.3, 0.4) is 0 Å². The molecule has 0 atom stereocenters. The van der Waals surface area contributed by atoms with Crippen LogP contribution < -0.4 is 5.32 Å². The van der Waals surface area contributed by atoms with Gasteiger partial charge in [-0.05, 0) is 0 Å². The molecular weight excluding hydrogens is 162 g/mol. The van der Waals surface area contributed by atoms with E-state index in [1.54, 1.807) is 10.9 Å². The van der Waals surface area contributed by atoms with E-state index in [2.05, 4.69) is 22.9 Å². The SMILES string of the molecule is C#CCCNCc1cnn(C=C)c1. The van der Waals surface area contributed by atoms with Crippen LogP contribution in [0.15, 0.2) is 19.0 Å². The number of nitrogens with one attached hydrogen (secondary N) is 1. The Morgan fingerprint density at radius 1 is 1.77 bits per heavy atom. The van der Waals surface area contributed by atoms with Gasteiger partial charge in [0.25, 0.3) is 0 Å². The molecule has 3 heteroatoms. The third-order valence-electron chi connectivity index (χ3n) is 1.62. The molecule has 0 aromatic carbocycles. The summed E-state index contributed by atoms with van der Waals surface area (Å²) in [4.78, 5) is 0. The molecule has 0 amide bonds. The third kappa shape index (κ3) is 3.14. The summed E-state index contributed by atoms with van der Waals surface area (Å²) in [7, 11) is 0. The van der Waals surface area contributed by atoms with Gasteiger partial charge in [0.15, 0.2) is 0 Å². The van der Waals surface area contributed by atoms with Crippen LogP contribution >= 0.6 is 0 Å². The molecular formula is C10H13N3. The number of hydrogen-bond acceptors (Lipinski definition) is 2. The number of aromatic nitrogens is 2. The van der Waals surface area contributed by atoms with Gasteiger partial charge in [-0.15, -0.1) is 12.3 Å². The molecule has 0 radical (unpaired) electrons. The van der Waals surface area contributed by atoms with Crippen LogP contribution in [0.5, 0.6) is 0 Å². The molecule has 0 saturated heterocycles. The van der Waals surface area contributed by atoms with Gasteiger partial charge in [0.1, 0.15) is 0 Å². The highest BCUT2D eigenvalue weighted by Crippen LogP contribution is 1.96. The molecule has 1 heterocycles. The van der Waals surface area contributed by atoms with Crippen LogP contribution in [0.1, 0.15) is 12.0 Å². The molecule has 68 valence electrons. The molecule has 0 aliphatic rings. The summed E-state index contributed by atoms with van der Waals surface area (Å²) in [5.41, 5.74) is 1.14. The van der Waals surface area contributed by atoms with E-state index in [1.165, 1.54) is 0 Å². The van der Waals surface area contributed by atoms with Crippen molar-refractivity contribution in [1.82, 2.24) is 15.1 Å². The standard InChI is InChI=1S/C10H13N3/c1-3-5-6-11-7-10-8-12-13(4-2)9-10/h1,4,8-9,11H,2,5-7H2. The summed E-state index contributed by atoms with van der Waals surface area (Å²) in [6, 6.07) is 0. The van der Waals surface area contributed by atoms with Gasteiger partial charge in [-0.1, -0.05) is 6.58 Å². The smallest absolute Gasteiger partial charge is 0.0538 e. The highest BCUT2D eigenvalue weighted by molar-refractivity contribution is 5.17. The summed E-state index contributed by atoms with van der Waals surface area (Å²) in [6.45, 7) is 5.25. The van der Waals surface area contributed by atoms with Crippen molar-refractivity contribution in [3.05, 3.63) is 24.5 Å². The van der Waals surface area contributed by atoms with Crippen LogP contribution in [0.2, 0.25) is 0 Å². The van der Waals surface area contributed by atoms with E-state index in [1.807, 2.05) is 12.4 Å². The number of hydrogen-bond donors (Lipinski definition) is 1. The monoisotopic (exact) mass is 175 g/mol. The molecule has 13 heavy (non-hydrogen) atoms. The predicted octanol–water partition coefficient (Wildman–Crippen LogP) is 1.10. The molecule has 0 aliphatic carbocycles. The first-order valence-electron chi connectivity index (χ1n) is 4.16. The summed E-state index contributed by atoms with van der Waals surface area (Å²) in [5, 5.41) is 7.26. The molecule has 3 nitrogen and oxygen atoms in total. The Hall–Kier alpha value is -1.53. The van der Waals surface area contributed by atoms with Crippen molar-refractivity contribution in [3.8, 4) is 12.3 Å². The number of rotatable bonds is 5. The molecule has 1 aromatic rings. The summed E-state index contributed by atoms with van der Waals surface area (Å²) in [6.07, 6.45) is 11.3. The fourth-order valence-corrected chi connectivity index (χ4v) is 0.962. The largest absolute Gasteiger partial charge is 0.312 e. The zero-order valence-corrected chi connectivity index (χ0v) is 7.53. The van der Waals surface area contributed by atoms with Crippen molar-refractivity contribution in [3.63, 3.8) is 0 Å². The van der Waals surface area contributed by atoms with E-state index < -0.39 is 0 Å². The lowest BCUT2D eigenvalue weighted by molar-refractivity contribution is 0.701. The minimum Gasteiger partial charge on any atom is -0.312 e. The van der Waals surface area contributed by atoms with E-state index in [-0.39, 0.29) is 0 Å². The summed E-state index contributed by atoms with van der Waals surface area (Å²) >= 11 is 0. The molecule has 1 rings (SSSR count). The Morgan fingerprint density at radius 2 is 2.62 bits per heavy atom. The second-order valence-corrected chi connectivity index (χ2v) is 2.64. The fraction of sp³-hybridized carbons (Fsp3) is 0.300. The summed E-state index contributed by atoms with van der Waals surface area (Å²) < 4.78 is 1.68. The average Bonchev–Trinajstić information content (AvgIpc) is 2.60. The van der Waals surface area contributed by atoms with Gasteiger partial charge in [0, 0.05) is 37.5 Å². The number of terminal acetylenes is 1. The minimum atomic E-state index is 0.760. The van der Waals surface area contributed by atoms with Gasteiger partial charge in [0.2, 0.25) is 0 Å². The van der Waals surface area contributed by atoms with Gasteiger partial charge in [0.05, 0.1) is 6.20 Å². The molecule has 0 unspecified atom stereocenters. The van der Waals surface area contributed by atoms with E-state index in [0.29, 0.717) is 0 Å². The van der Waals surface area contributed by atoms with Crippen molar-refractivity contribution in [1.29, 1.82) is 0 Å². The van der Waals surface area contributed by atoms with Crippen LogP contribution in [-0.4, -0.2) is 16.3 Å². The molecule has 1 N–H and O–H groups in total. The van der Waals surface area contributed by atoms with E-state index in [0.717, 1.165) is 25.1 Å². The Balaban J connectivity index is 2.29. The van der Waals surface area contributed by atoms with Crippen LogP contribution in [0.25, 0.3) is 6.20 Å². The van der Waals surface area contributed by atoms with Crippen LogP contribution in [0, 0.1) is 12.3 Å². The predicted molar refractivity (Wildman–Crippen MR) is 53.8 cm³/mol. The Morgan fingerprint density at radius 3 is 3.23 bits per heavy atom. The summed E-state index contributed by atoms with van der Waals surface area (Å²) in [5.74, 6) is 2.57. The Bertz CT molecular complexity index is 306. The van der Waals surface area contributed by atoms with E-state index >= 15 is 0 Å². The molecule has 1 aromatic heterocycles. The third-order valence-corrected chi connectivity index (χ3v) is 1.62. The number of nitrogens with zero attached hydrogens (tertiary/aromatic N) is 2. The molecule has 0 saturated carbocycles. The van der Waals surface area contributed by atoms with Crippen molar-refractivity contribution in [2.45, 2.75) is 13.0 Å². The van der Waals surface area contributed by atoms with Gasteiger partial charge in [-0.3, -0.25) is 0 Å². The van der Waals surface area contributed by atoms with Gasteiger partial charge in [-0.2, -0.15) is 5.10 Å². The van der Waals surface area contributed by atoms with E-state index in [4.69, 9.17) is 6.42 Å². The van der Waals surface area contributed by atoms with Crippen molar-refractivity contribution >= 4 is 6.20 Å². The molecule has 0 fully saturated rings. The highest BCUT2D eigenvalue weighted by atomic mass is 15.2. The maximum Gasteiger partial charge on any atom is 0.0538 e. The second-order valence-electron chi connectivity index (χ2n) is 2.64. The second kappa shape index (κ2) is 5.18. The maximum atomic E-state index is 5.11. The molecule has 0 spiro atoms. The first kappa shape index (κ1) is 9.56. The van der Waals surface area contributed by atoms with Crippen molar-refractivity contribution < 1.29 is 0 Å². The van der Waals surface area contributed by atoms with Crippen molar-refractivity contribution in [2.75, 3.05) is 6.54 Å². The van der Waals surface area contributed by atoms with Gasteiger partial charge >= 0.3 is 0 Å². The lowest BCUT2D eigenvalue weighted by Crippen LogP contribution is -2.13. The Labute approximate surface area is 78.5 Å². The fourth-order valence-electron chi connectivity index (χ4n) is 0.962. The quantitative estimate of drug-likeness (QED) is 0.536. The Kier molecular flexibility index (Phi) is 3.80. The topological polar surface area (TPSA) is 29.9 Å². The lowest BCUT2D eigenvalue weighted by Gasteiger charge is -1.97. The molecule has 0 bridgehead atoms. The maximum absolute atomic E-state index is 5.11. The zero-order valence-electron chi connectivity index (χ0n) is 7.53. The average molecular weight is 175 g/mol.